The molecule has 0 bridgehead atoms. The maximum Gasteiger partial charge on any atom is 0.416 e. The van der Waals surface area contributed by atoms with Crippen molar-refractivity contribution < 1.29 is 13.2 Å². The lowest BCUT2D eigenvalue weighted by Crippen LogP contribution is -2.04. The summed E-state index contributed by atoms with van der Waals surface area (Å²) in [6.07, 6.45) is -2.83. The predicted octanol–water partition coefficient (Wildman–Crippen LogP) is 6.62. The van der Waals surface area contributed by atoms with E-state index in [-0.39, 0.29) is 16.1 Å². The second-order valence-electron chi connectivity index (χ2n) is 5.85. The molecular weight excluding hydrogens is 398 g/mol. The number of rotatable bonds is 2. The number of benzene rings is 2. The molecule has 0 aliphatic rings. The van der Waals surface area contributed by atoms with Crippen LogP contribution in [0.1, 0.15) is 5.56 Å². The van der Waals surface area contributed by atoms with E-state index in [0.29, 0.717) is 22.1 Å². The Morgan fingerprint density at radius 3 is 2.26 bits per heavy atom. The summed E-state index contributed by atoms with van der Waals surface area (Å²) in [6, 6.07) is 12.6. The highest BCUT2D eigenvalue weighted by Crippen LogP contribution is 2.35. The topological polar surface area (TPSA) is 41.6 Å². The minimum absolute atomic E-state index is 0.0563. The van der Waals surface area contributed by atoms with Crippen molar-refractivity contribution in [2.45, 2.75) is 6.18 Å². The van der Waals surface area contributed by atoms with Crippen LogP contribution in [-0.4, -0.2) is 15.0 Å². The van der Waals surface area contributed by atoms with Crippen LogP contribution < -0.4 is 0 Å². The van der Waals surface area contributed by atoms with Gasteiger partial charge in [-0.25, -0.2) is 4.98 Å². The summed E-state index contributed by atoms with van der Waals surface area (Å²) in [6.45, 7) is 0. The van der Waals surface area contributed by atoms with Gasteiger partial charge in [-0.2, -0.15) is 13.2 Å². The van der Waals surface area contributed by atoms with Crippen molar-refractivity contribution in [1.29, 1.82) is 0 Å². The lowest BCUT2D eigenvalue weighted by atomic mass is 10.1. The summed E-state index contributed by atoms with van der Waals surface area (Å²) >= 11 is 12.1. The van der Waals surface area contributed by atoms with Crippen molar-refractivity contribution in [2.24, 2.45) is 0 Å². The minimum Gasteiger partial charge on any atom is -0.338 e. The number of hydrogen-bond acceptors (Lipinski definition) is 2. The third-order valence-electron chi connectivity index (χ3n) is 4.06. The molecule has 8 heteroatoms. The molecule has 0 fully saturated rings. The van der Waals surface area contributed by atoms with Gasteiger partial charge in [-0.1, -0.05) is 47.5 Å². The third kappa shape index (κ3) is 3.38. The predicted molar refractivity (Wildman–Crippen MR) is 99.8 cm³/mol. The number of pyridine rings is 1. The van der Waals surface area contributed by atoms with Crippen LogP contribution in [-0.2, 0) is 6.18 Å². The Kier molecular flexibility index (Phi) is 4.32. The second-order valence-corrected chi connectivity index (χ2v) is 6.66. The normalized spacial score (nSPS) is 11.9. The van der Waals surface area contributed by atoms with Gasteiger partial charge in [0, 0.05) is 17.3 Å². The van der Waals surface area contributed by atoms with E-state index in [0.717, 1.165) is 17.7 Å². The van der Waals surface area contributed by atoms with E-state index in [1.54, 1.807) is 30.5 Å². The second kappa shape index (κ2) is 6.55. The van der Waals surface area contributed by atoms with Gasteiger partial charge in [0.05, 0.1) is 26.8 Å². The van der Waals surface area contributed by atoms with Crippen LogP contribution in [0.3, 0.4) is 0 Å². The maximum atomic E-state index is 13.0. The Morgan fingerprint density at radius 2 is 1.59 bits per heavy atom. The van der Waals surface area contributed by atoms with Crippen molar-refractivity contribution in [3.8, 4) is 22.6 Å². The lowest BCUT2D eigenvalue weighted by Gasteiger charge is -2.06. The largest absolute Gasteiger partial charge is 0.416 e. The first kappa shape index (κ1) is 17.8. The summed E-state index contributed by atoms with van der Waals surface area (Å²) in [5.41, 5.74) is 1.85. The van der Waals surface area contributed by atoms with Crippen LogP contribution in [0, 0.1) is 0 Å². The van der Waals surface area contributed by atoms with Gasteiger partial charge in [0.25, 0.3) is 0 Å². The van der Waals surface area contributed by atoms with Crippen LogP contribution in [0.5, 0.6) is 0 Å². The molecule has 3 nitrogen and oxygen atoms in total. The zero-order chi connectivity index (χ0) is 19.2. The first-order valence-corrected chi connectivity index (χ1v) is 8.56. The first-order chi connectivity index (χ1) is 12.8. The number of alkyl halides is 3. The van der Waals surface area contributed by atoms with E-state index in [2.05, 4.69) is 15.0 Å². The van der Waals surface area contributed by atoms with Crippen LogP contribution in [0.4, 0.5) is 13.2 Å². The van der Waals surface area contributed by atoms with E-state index in [1.807, 2.05) is 12.1 Å². The SMILES string of the molecule is FC(F)(F)c1cc(Cl)c2nc(-c3ccc(-c4ncccc4Cl)cc3)[nH]c2c1. The average molecular weight is 408 g/mol. The van der Waals surface area contributed by atoms with Crippen molar-refractivity contribution in [3.63, 3.8) is 0 Å². The number of nitrogens with one attached hydrogen (secondary N) is 1. The van der Waals surface area contributed by atoms with Crippen molar-refractivity contribution in [1.82, 2.24) is 15.0 Å². The molecule has 0 atom stereocenters. The molecule has 136 valence electrons. The summed E-state index contributed by atoms with van der Waals surface area (Å²) in [4.78, 5) is 11.5. The van der Waals surface area contributed by atoms with Gasteiger partial charge in [0.2, 0.25) is 0 Å². The summed E-state index contributed by atoms with van der Waals surface area (Å²) in [5, 5.41) is 0.472. The number of hydrogen-bond donors (Lipinski definition) is 1. The number of fused-ring (bicyclic) bond motifs is 1. The van der Waals surface area contributed by atoms with E-state index in [9.17, 15) is 13.2 Å². The number of nitrogens with zero attached hydrogens (tertiary/aromatic N) is 2. The molecule has 0 unspecified atom stereocenters. The molecule has 0 spiro atoms. The molecule has 1 N–H and O–H groups in total. The number of aromatic amines is 1. The van der Waals surface area contributed by atoms with Crippen LogP contribution in [0.25, 0.3) is 33.7 Å². The van der Waals surface area contributed by atoms with E-state index >= 15 is 0 Å². The molecule has 2 aromatic heterocycles. The monoisotopic (exact) mass is 407 g/mol. The number of halogens is 5. The fourth-order valence-electron chi connectivity index (χ4n) is 2.76. The molecule has 0 radical (unpaired) electrons. The van der Waals surface area contributed by atoms with Gasteiger partial charge in [0.15, 0.2) is 0 Å². The van der Waals surface area contributed by atoms with E-state index in [4.69, 9.17) is 23.2 Å². The molecule has 4 rings (SSSR count). The zero-order valence-electron chi connectivity index (χ0n) is 13.5. The maximum absolute atomic E-state index is 13.0. The molecule has 0 aliphatic carbocycles. The zero-order valence-corrected chi connectivity index (χ0v) is 15.0. The molecule has 0 saturated carbocycles. The summed E-state index contributed by atoms with van der Waals surface area (Å²) < 4.78 is 38.9. The van der Waals surface area contributed by atoms with Gasteiger partial charge in [-0.15, -0.1) is 0 Å². The number of H-pyrrole nitrogens is 1. The smallest absolute Gasteiger partial charge is 0.338 e. The summed E-state index contributed by atoms with van der Waals surface area (Å²) in [7, 11) is 0. The molecule has 27 heavy (non-hydrogen) atoms. The Bertz CT molecular complexity index is 1140. The Balaban J connectivity index is 1.74. The number of imidazole rings is 1. The summed E-state index contributed by atoms with van der Waals surface area (Å²) in [5.74, 6) is 0.421. The Morgan fingerprint density at radius 1 is 0.889 bits per heavy atom. The van der Waals surface area contributed by atoms with Gasteiger partial charge >= 0.3 is 6.18 Å². The third-order valence-corrected chi connectivity index (χ3v) is 4.65. The average Bonchev–Trinajstić information content (AvgIpc) is 3.06. The van der Waals surface area contributed by atoms with Crippen molar-refractivity contribution >= 4 is 34.2 Å². The molecule has 0 amide bonds. The van der Waals surface area contributed by atoms with Gasteiger partial charge in [0.1, 0.15) is 11.3 Å². The fourth-order valence-corrected chi connectivity index (χ4v) is 3.25. The molecule has 0 aliphatic heterocycles. The standard InChI is InChI=1S/C19H10Cl2F3N3/c20-13-2-1-7-25-16(13)10-3-5-11(6-4-10)18-26-15-9-12(19(22,23)24)8-14(21)17(15)27-18/h1-9H,(H,26,27). The van der Waals surface area contributed by atoms with E-state index < -0.39 is 11.7 Å². The first-order valence-electron chi connectivity index (χ1n) is 7.81. The highest BCUT2D eigenvalue weighted by Gasteiger charge is 2.31. The Hall–Kier alpha value is -2.57. The highest BCUT2D eigenvalue weighted by atomic mass is 35.5. The molecule has 2 aromatic carbocycles. The van der Waals surface area contributed by atoms with Gasteiger partial charge in [-0.05, 0) is 24.3 Å². The van der Waals surface area contributed by atoms with Crippen LogP contribution >= 0.6 is 23.2 Å². The molecule has 4 aromatic rings. The van der Waals surface area contributed by atoms with E-state index in [1.165, 1.54) is 0 Å². The fraction of sp³-hybridized carbons (Fsp3) is 0.0526. The van der Waals surface area contributed by atoms with Crippen LogP contribution in [0.15, 0.2) is 54.7 Å². The minimum atomic E-state index is -4.48. The molecular formula is C19H10Cl2F3N3. The number of aromatic nitrogens is 3. The highest BCUT2D eigenvalue weighted by molar-refractivity contribution is 6.35. The van der Waals surface area contributed by atoms with Crippen LogP contribution in [0.2, 0.25) is 10.0 Å². The van der Waals surface area contributed by atoms with Gasteiger partial charge < -0.3 is 4.98 Å². The van der Waals surface area contributed by atoms with Gasteiger partial charge in [-0.3, -0.25) is 4.98 Å². The quantitative estimate of drug-likeness (QED) is 0.405. The van der Waals surface area contributed by atoms with Crippen molar-refractivity contribution in [2.75, 3.05) is 0 Å². The lowest BCUT2D eigenvalue weighted by molar-refractivity contribution is -0.137. The van der Waals surface area contributed by atoms with Crippen molar-refractivity contribution in [3.05, 3.63) is 70.3 Å². The molecule has 2 heterocycles. The molecule has 0 saturated heterocycles. The Labute approximate surface area is 161 Å².